The number of benzene rings is 22. The Hall–Kier alpha value is -18.9. The zero-order valence-electron chi connectivity index (χ0n) is 79.3. The minimum Gasteiger partial charge on any atom is -0.457 e. The molecule has 22 aromatic carbocycles. The summed E-state index contributed by atoms with van der Waals surface area (Å²) in [7, 11) is 0. The van der Waals surface area contributed by atoms with Crippen molar-refractivity contribution in [3.05, 3.63) is 458 Å². The third-order valence-corrected chi connectivity index (χ3v) is 35.2. The van der Waals surface area contributed by atoms with Crippen LogP contribution in [0.2, 0.25) is 0 Å². The Bertz CT molecular complexity index is 11700. The Morgan fingerprint density at radius 3 is 1.10 bits per heavy atom. The van der Waals surface area contributed by atoms with E-state index in [0.717, 1.165) is 206 Å². The number of hydrogen-bond donors (Lipinski definition) is 0. The first-order valence-corrected chi connectivity index (χ1v) is 53.1. The summed E-state index contributed by atoms with van der Waals surface area (Å²) >= 11 is 7.09. The van der Waals surface area contributed by atoms with Gasteiger partial charge in [0.2, 0.25) is 0 Å². The van der Waals surface area contributed by atoms with Gasteiger partial charge in [0.25, 0.3) is 0 Å². The van der Waals surface area contributed by atoms with Gasteiger partial charge >= 0.3 is 11.3 Å². The number of para-hydroxylation sites is 4. The Kier molecular flexibility index (Phi) is 18.4. The van der Waals surface area contributed by atoms with Gasteiger partial charge in [-0.25, -0.2) is 29.5 Å². The number of thiophene rings is 4. The summed E-state index contributed by atoms with van der Waals surface area (Å²) < 4.78 is 35.1. The summed E-state index contributed by atoms with van der Waals surface area (Å²) in [6.07, 6.45) is 0. The summed E-state index contributed by atoms with van der Waals surface area (Å²) in [6, 6.07) is 154. The van der Waals surface area contributed by atoms with Crippen molar-refractivity contribution in [2.24, 2.45) is 0 Å². The van der Waals surface area contributed by atoms with Crippen molar-refractivity contribution in [1.29, 1.82) is 0 Å². The maximum atomic E-state index is 14.2. The molecule has 0 saturated carbocycles. The summed E-state index contributed by atoms with van der Waals surface area (Å²) in [5.41, 5.74) is 22.8. The van der Waals surface area contributed by atoms with Gasteiger partial charge < -0.3 is 27.4 Å². The van der Waals surface area contributed by atoms with Gasteiger partial charge in [-0.15, -0.1) is 45.3 Å². The van der Waals surface area contributed by atoms with Crippen LogP contribution in [0.1, 0.15) is 0 Å². The zero-order chi connectivity index (χ0) is 98.3. The maximum absolute atomic E-state index is 14.2. The van der Waals surface area contributed by atoms with Crippen molar-refractivity contribution in [3.63, 3.8) is 0 Å². The molecule has 0 atom stereocenters. The lowest BCUT2D eigenvalue weighted by molar-refractivity contribution is 0.480. The Morgan fingerprint density at radius 1 is 0.200 bits per heavy atom. The summed E-state index contributed by atoms with van der Waals surface area (Å²) in [6.45, 7) is 0. The number of aromatic nitrogens is 6. The molecule has 32 aromatic rings. The summed E-state index contributed by atoms with van der Waals surface area (Å²) in [4.78, 5) is 55.0. The molecule has 0 saturated heterocycles. The Labute approximate surface area is 867 Å². The highest BCUT2D eigenvalue weighted by Gasteiger charge is 2.30. The van der Waals surface area contributed by atoms with Crippen LogP contribution in [-0.2, 0) is 0 Å². The molecule has 0 N–H and O–H groups in total. The third-order valence-electron chi connectivity index (χ3n) is 30.2. The van der Waals surface area contributed by atoms with E-state index in [1.807, 2.05) is 42.5 Å². The van der Waals surface area contributed by atoms with E-state index in [2.05, 4.69) is 373 Å². The van der Waals surface area contributed by atoms with Crippen LogP contribution in [-0.4, -0.2) is 29.1 Å². The molecule has 150 heavy (non-hydrogen) atoms. The van der Waals surface area contributed by atoms with Gasteiger partial charge in [0.05, 0.1) is 63.6 Å². The van der Waals surface area contributed by atoms with Crippen LogP contribution >= 0.6 is 45.3 Å². The summed E-state index contributed by atoms with van der Waals surface area (Å²) in [5, 5.41) is 23.1. The molecule has 0 unspecified atom stereocenters. The van der Waals surface area contributed by atoms with E-state index in [1.54, 1.807) is 69.6 Å². The zero-order valence-corrected chi connectivity index (χ0v) is 82.6. The lowest BCUT2D eigenvalue weighted by atomic mass is 9.92. The molecule has 10 aromatic heterocycles. The molecule has 12 nitrogen and oxygen atoms in total. The first-order valence-electron chi connectivity index (χ1n) is 49.9. The molecule has 32 rings (SSSR count). The third kappa shape index (κ3) is 13.2. The first kappa shape index (κ1) is 84.4. The van der Waals surface area contributed by atoms with E-state index < -0.39 is 11.3 Å². The maximum Gasteiger partial charge on any atom is 0.336 e. The lowest BCUT2D eigenvalue weighted by Crippen LogP contribution is -1.98. The average molecular weight is 1990 g/mol. The van der Waals surface area contributed by atoms with Crippen molar-refractivity contribution in [1.82, 2.24) is 29.1 Å². The van der Waals surface area contributed by atoms with Crippen LogP contribution in [0, 0.1) is 0 Å². The van der Waals surface area contributed by atoms with Gasteiger partial charge in [-0.05, 0) is 245 Å². The largest absolute Gasteiger partial charge is 0.457 e. The van der Waals surface area contributed by atoms with Crippen LogP contribution in [0.5, 0.6) is 23.0 Å². The van der Waals surface area contributed by atoms with Crippen LogP contribution in [0.3, 0.4) is 0 Å². The number of ether oxygens (including phenoxy) is 2. The highest BCUT2D eigenvalue weighted by Crippen LogP contribution is 2.55. The van der Waals surface area contributed by atoms with Gasteiger partial charge in [0, 0.05) is 141 Å². The first-order chi connectivity index (χ1) is 74.1. The normalized spacial score (nSPS) is 12.2. The van der Waals surface area contributed by atoms with Crippen LogP contribution < -0.4 is 20.7 Å². The highest BCUT2D eigenvalue weighted by molar-refractivity contribution is 7.28. The van der Waals surface area contributed by atoms with Crippen molar-refractivity contribution in [2.75, 3.05) is 0 Å². The van der Waals surface area contributed by atoms with Crippen molar-refractivity contribution >= 4 is 260 Å². The Balaban J connectivity index is 0.523. The molecular weight excluding hydrogens is 1920 g/mol. The average Bonchev–Trinajstić information content (AvgIpc) is 1.51. The fourth-order valence-electron chi connectivity index (χ4n) is 23.3. The molecule has 10 heterocycles. The molecule has 0 aliphatic rings. The standard InChI is InChI=1S/C134H72N6O6S4/c141-119-60-48-74-43-49-89(70-115(74)145-119)143-87-50-57-93-94-58-51-88(69-110(94)124-123(109(93)68-87)137-127-128(138-124)134(105-32-18-30-103-101-28-12-16-36-118(101)148-132(103)105)150-133(127)104-31-17-29-102-100-27-11-15-35-117(100)147-131(102)104)144-90-52-59-99-106(72-120(142)146-116(99)71-90)82-42-41-76-62-78(39-40-79(76)63-82)81-45-54-92-91-53-44-80(77-38-37-73-19-7-8-20-75(73)61-77)64-107(91)121-122(108(92)65-81)136-126-125(135-121)129(83-46-55-97-95-25-9-13-33-111(95)139(113(97)66-83)85-21-3-1-4-22-85)149-130(126)84-47-56-98-96-26-10-14-34-112(96)140(114(98)67-84)86-23-5-2-6-24-86/h1-72H. The molecule has 0 aliphatic heterocycles. The lowest BCUT2D eigenvalue weighted by Gasteiger charge is -2.14. The van der Waals surface area contributed by atoms with Gasteiger partial charge in [0.1, 0.15) is 56.2 Å². The molecule has 0 aliphatic carbocycles. The van der Waals surface area contributed by atoms with E-state index in [1.165, 1.54) is 78.7 Å². The predicted molar refractivity (Wildman–Crippen MR) is 626 cm³/mol. The fourth-order valence-corrected chi connectivity index (χ4v) is 28.3. The van der Waals surface area contributed by atoms with E-state index in [9.17, 15) is 9.59 Å². The highest BCUT2D eigenvalue weighted by atomic mass is 32.1. The molecule has 0 fully saturated rings. The van der Waals surface area contributed by atoms with Gasteiger partial charge in [-0.3, -0.25) is 0 Å². The second kappa shape index (κ2) is 32.8. The second-order valence-corrected chi connectivity index (χ2v) is 42.9. The van der Waals surface area contributed by atoms with Crippen LogP contribution in [0.25, 0.3) is 301 Å². The van der Waals surface area contributed by atoms with Crippen molar-refractivity contribution in [2.45, 2.75) is 0 Å². The molecule has 0 amide bonds. The quantitative estimate of drug-likeness (QED) is 0.0809. The van der Waals surface area contributed by atoms with E-state index in [4.69, 9.17) is 38.2 Å². The van der Waals surface area contributed by atoms with E-state index >= 15 is 0 Å². The minimum absolute atomic E-state index is 0.372. The number of nitrogens with zero attached hydrogens (tertiary/aromatic N) is 6. The molecule has 16 heteroatoms. The molecule has 0 radical (unpaired) electrons. The molecule has 0 bridgehead atoms. The van der Waals surface area contributed by atoms with Gasteiger partial charge in [-0.2, -0.15) is 0 Å². The second-order valence-electron chi connectivity index (χ2n) is 38.7. The van der Waals surface area contributed by atoms with Gasteiger partial charge in [0.15, 0.2) is 0 Å². The molecule has 698 valence electrons. The van der Waals surface area contributed by atoms with Gasteiger partial charge in [-0.1, -0.05) is 255 Å². The van der Waals surface area contributed by atoms with E-state index in [0.29, 0.717) is 45.2 Å². The minimum atomic E-state index is -0.493. The monoisotopic (exact) mass is 1990 g/mol. The number of rotatable bonds is 13. The predicted octanol–water partition coefficient (Wildman–Crippen LogP) is 37.3. The summed E-state index contributed by atoms with van der Waals surface area (Å²) in [5.74, 6) is 2.07. The molecule has 0 spiro atoms. The SMILES string of the molecule is O=c1ccc2ccc(Oc3ccc4c5ccc(Oc6ccc7c(-c8ccc9cc(-c%10ccc%11c%12ccc(-c%13ccc%14ccccc%14c%13)cc%12c%12nc%13c(-c%14ccc%15c%16ccccc%16n(-c%16ccccc%16)c%15c%14)sc(-c%14ccc%15c%16ccccc%16n(-c%16ccccc%16)c%15c%14)c%13nc%12c%11c%10)ccc9c8)cc(=O)oc7c6)cc5c5nc6c(-c7cccc8c7sc7ccccc78)sc(-c7cccc8c7sc7ccccc78)c6nc5c4c3)cc2o1. The number of hydrogen-bond acceptors (Lipinski definition) is 14. The topological polar surface area (TPSA) is 140 Å². The molecular formula is C134H72N6O6S4. The van der Waals surface area contributed by atoms with E-state index in [-0.39, 0.29) is 0 Å². The van der Waals surface area contributed by atoms with Crippen molar-refractivity contribution in [3.8, 4) is 110 Å². The van der Waals surface area contributed by atoms with Crippen molar-refractivity contribution < 1.29 is 18.3 Å². The fraction of sp³-hybridized carbons (Fsp3) is 0. The Morgan fingerprint density at radius 2 is 0.560 bits per heavy atom. The smallest absolute Gasteiger partial charge is 0.336 e. The number of fused-ring (bicyclic) bond motifs is 30. The van der Waals surface area contributed by atoms with Crippen LogP contribution in [0.15, 0.2) is 455 Å². The van der Waals surface area contributed by atoms with Crippen LogP contribution in [0.4, 0.5) is 0 Å².